The van der Waals surface area contributed by atoms with Crippen LogP contribution in [0.5, 0.6) is 0 Å². The van der Waals surface area contributed by atoms with Crippen molar-refractivity contribution in [3.63, 3.8) is 0 Å². The monoisotopic (exact) mass is 429 g/mol. The zero-order chi connectivity index (χ0) is 23.3. The molecule has 0 spiro atoms. The molecular formula is C22H23NO8. The number of allylic oxidation sites excluding steroid dienone is 2. The van der Waals surface area contributed by atoms with Gasteiger partial charge >= 0.3 is 23.9 Å². The summed E-state index contributed by atoms with van der Waals surface area (Å²) < 4.78 is 19.4. The Balaban J connectivity index is 3.04. The minimum atomic E-state index is -0.858. The fraction of sp³-hybridized carbons (Fsp3) is 0.273. The number of carbonyl (C=O) groups is 4. The van der Waals surface area contributed by atoms with Crippen LogP contribution in [0.2, 0.25) is 0 Å². The first-order valence-corrected chi connectivity index (χ1v) is 9.09. The summed E-state index contributed by atoms with van der Waals surface area (Å²) in [6.07, 6.45) is 0.944. The Hall–Kier alpha value is -3.88. The molecule has 2 rings (SSSR count). The average Bonchev–Trinajstić information content (AvgIpc) is 2.88. The molecule has 0 atom stereocenters. The van der Waals surface area contributed by atoms with Crippen LogP contribution in [-0.4, -0.2) is 52.3 Å². The van der Waals surface area contributed by atoms with Crippen molar-refractivity contribution in [3.05, 3.63) is 58.4 Å². The Labute approximate surface area is 179 Å². The molecule has 1 heterocycles. The van der Waals surface area contributed by atoms with Gasteiger partial charge < -0.3 is 23.8 Å². The maximum atomic E-state index is 12.8. The van der Waals surface area contributed by atoms with Crippen LogP contribution in [0.25, 0.3) is 5.57 Å². The summed E-state index contributed by atoms with van der Waals surface area (Å²) in [7, 11) is 4.67. The molecule has 1 aliphatic rings. The number of methoxy groups -OCH3 is 4. The number of hydrogen-bond donors (Lipinski definition) is 0. The second-order valence-corrected chi connectivity index (χ2v) is 6.34. The van der Waals surface area contributed by atoms with E-state index in [2.05, 4.69) is 4.74 Å². The smallest absolute Gasteiger partial charge is 0.355 e. The lowest BCUT2D eigenvalue weighted by molar-refractivity contribution is -0.139. The largest absolute Gasteiger partial charge is 0.466 e. The lowest BCUT2D eigenvalue weighted by atomic mass is 9.95. The number of esters is 4. The molecule has 0 bridgehead atoms. The van der Waals surface area contributed by atoms with Crippen molar-refractivity contribution in [1.82, 2.24) is 0 Å². The summed E-state index contributed by atoms with van der Waals surface area (Å²) in [5, 5.41) is 0. The molecule has 9 heteroatoms. The van der Waals surface area contributed by atoms with E-state index in [0.717, 1.165) is 20.3 Å². The summed E-state index contributed by atoms with van der Waals surface area (Å²) in [6, 6.07) is 6.82. The van der Waals surface area contributed by atoms with Gasteiger partial charge in [-0.2, -0.15) is 0 Å². The Bertz CT molecular complexity index is 1030. The van der Waals surface area contributed by atoms with Gasteiger partial charge in [0.25, 0.3) is 0 Å². The van der Waals surface area contributed by atoms with Crippen LogP contribution in [0.3, 0.4) is 0 Å². The minimum absolute atomic E-state index is 0.0240. The van der Waals surface area contributed by atoms with E-state index < -0.39 is 23.9 Å². The lowest BCUT2D eigenvalue weighted by Gasteiger charge is -2.28. The van der Waals surface area contributed by atoms with Crippen LogP contribution < -0.4 is 4.90 Å². The molecule has 164 valence electrons. The van der Waals surface area contributed by atoms with E-state index in [4.69, 9.17) is 14.2 Å². The molecule has 9 nitrogen and oxygen atoms in total. The van der Waals surface area contributed by atoms with Gasteiger partial charge in [0, 0.05) is 11.3 Å². The lowest BCUT2D eigenvalue weighted by Crippen LogP contribution is -2.30. The molecule has 0 saturated carbocycles. The summed E-state index contributed by atoms with van der Waals surface area (Å²) in [5.74, 6) is -3.25. The number of fused-ring (bicyclic) bond motifs is 1. The number of anilines is 1. The number of rotatable bonds is 5. The molecule has 0 radical (unpaired) electrons. The first kappa shape index (κ1) is 23.4. The van der Waals surface area contributed by atoms with Crippen LogP contribution in [0.1, 0.15) is 19.4 Å². The van der Waals surface area contributed by atoms with Crippen molar-refractivity contribution in [1.29, 1.82) is 0 Å². The van der Waals surface area contributed by atoms with Crippen LogP contribution in [0.4, 0.5) is 5.69 Å². The number of ether oxygens (including phenoxy) is 4. The van der Waals surface area contributed by atoms with E-state index in [0.29, 0.717) is 16.8 Å². The van der Waals surface area contributed by atoms with E-state index in [9.17, 15) is 19.2 Å². The molecule has 0 amide bonds. The molecule has 0 aliphatic carbocycles. The first-order chi connectivity index (χ1) is 14.7. The highest BCUT2D eigenvalue weighted by Gasteiger charge is 2.36. The molecule has 0 N–H and O–H groups in total. The summed E-state index contributed by atoms with van der Waals surface area (Å²) >= 11 is 0. The first-order valence-electron chi connectivity index (χ1n) is 9.09. The number of para-hydroxylation sites is 1. The molecule has 1 aromatic carbocycles. The Morgan fingerprint density at radius 1 is 0.806 bits per heavy atom. The van der Waals surface area contributed by atoms with E-state index in [1.165, 1.54) is 26.0 Å². The summed E-state index contributed by atoms with van der Waals surface area (Å²) in [5.41, 5.74) is 1.16. The van der Waals surface area contributed by atoms with Gasteiger partial charge in [0.1, 0.15) is 5.70 Å². The van der Waals surface area contributed by atoms with E-state index in [1.807, 2.05) is 0 Å². The normalized spacial score (nSPS) is 13.9. The maximum absolute atomic E-state index is 12.8. The van der Waals surface area contributed by atoms with Gasteiger partial charge in [0.05, 0.1) is 51.3 Å². The second kappa shape index (κ2) is 9.75. The highest BCUT2D eigenvalue weighted by molar-refractivity contribution is 6.15. The topological polar surface area (TPSA) is 108 Å². The number of benzene rings is 1. The standard InChI is InChI=1S/C22H23NO8/c1-12-14-9-7-8-10-15(14)23(16(20(25)29-4)11-17(24)28-3)13(2)19(22(27)31-6)18(12)21(26)30-5/h7-11H,1-6H3/b16-11+. The van der Waals surface area contributed by atoms with Crippen molar-refractivity contribution in [3.8, 4) is 0 Å². The van der Waals surface area contributed by atoms with Gasteiger partial charge in [-0.1, -0.05) is 18.2 Å². The van der Waals surface area contributed by atoms with Crippen molar-refractivity contribution in [2.24, 2.45) is 0 Å². The number of hydrogen-bond acceptors (Lipinski definition) is 9. The third-order valence-electron chi connectivity index (χ3n) is 4.74. The zero-order valence-corrected chi connectivity index (χ0v) is 18.1. The molecule has 0 unspecified atom stereocenters. The number of nitrogens with zero attached hydrogens (tertiary/aromatic N) is 1. The fourth-order valence-electron chi connectivity index (χ4n) is 3.29. The van der Waals surface area contributed by atoms with Gasteiger partial charge in [-0.05, 0) is 25.5 Å². The maximum Gasteiger partial charge on any atom is 0.355 e. The SMILES string of the molecule is COC(=O)/C=C(\C(=O)OC)N1C(C)=C(C(=O)OC)C(C(=O)OC)=C(C)c2ccccc21. The predicted octanol–water partition coefficient (Wildman–Crippen LogP) is 2.13. The van der Waals surface area contributed by atoms with E-state index in [1.54, 1.807) is 31.2 Å². The highest BCUT2D eigenvalue weighted by atomic mass is 16.5. The van der Waals surface area contributed by atoms with E-state index in [-0.39, 0.29) is 22.5 Å². The fourth-order valence-corrected chi connectivity index (χ4v) is 3.29. The van der Waals surface area contributed by atoms with Crippen LogP contribution in [0.15, 0.2) is 52.9 Å². The molecular weight excluding hydrogens is 406 g/mol. The van der Waals surface area contributed by atoms with Gasteiger partial charge in [0.2, 0.25) is 0 Å². The van der Waals surface area contributed by atoms with Gasteiger partial charge in [-0.3, -0.25) is 0 Å². The predicted molar refractivity (Wildman–Crippen MR) is 110 cm³/mol. The Kier molecular flexibility index (Phi) is 7.36. The molecule has 1 aliphatic heterocycles. The summed E-state index contributed by atoms with van der Waals surface area (Å²) in [6.45, 7) is 3.16. The highest BCUT2D eigenvalue weighted by Crippen LogP contribution is 2.41. The Morgan fingerprint density at radius 3 is 1.94 bits per heavy atom. The van der Waals surface area contributed by atoms with Crippen molar-refractivity contribution in [2.75, 3.05) is 33.3 Å². The van der Waals surface area contributed by atoms with Crippen LogP contribution >= 0.6 is 0 Å². The van der Waals surface area contributed by atoms with Gasteiger partial charge in [-0.25, -0.2) is 19.2 Å². The van der Waals surface area contributed by atoms with Gasteiger partial charge in [0.15, 0.2) is 0 Å². The minimum Gasteiger partial charge on any atom is -0.466 e. The van der Waals surface area contributed by atoms with Crippen molar-refractivity contribution in [2.45, 2.75) is 13.8 Å². The molecule has 1 aromatic rings. The van der Waals surface area contributed by atoms with Crippen LogP contribution in [0, 0.1) is 0 Å². The second-order valence-electron chi connectivity index (χ2n) is 6.34. The third-order valence-corrected chi connectivity index (χ3v) is 4.74. The zero-order valence-electron chi connectivity index (χ0n) is 18.1. The quantitative estimate of drug-likeness (QED) is 0.395. The van der Waals surface area contributed by atoms with Gasteiger partial charge in [-0.15, -0.1) is 0 Å². The Morgan fingerprint density at radius 2 is 1.39 bits per heavy atom. The number of carbonyl (C=O) groups excluding carboxylic acids is 4. The average molecular weight is 429 g/mol. The third kappa shape index (κ3) is 4.35. The molecule has 31 heavy (non-hydrogen) atoms. The molecule has 0 fully saturated rings. The van der Waals surface area contributed by atoms with Crippen LogP contribution in [-0.2, 0) is 38.1 Å². The molecule has 0 aromatic heterocycles. The van der Waals surface area contributed by atoms with Crippen molar-refractivity contribution >= 4 is 35.1 Å². The van der Waals surface area contributed by atoms with Crippen molar-refractivity contribution < 1.29 is 38.1 Å². The molecule has 0 saturated heterocycles. The van der Waals surface area contributed by atoms with E-state index >= 15 is 0 Å². The summed E-state index contributed by atoms with van der Waals surface area (Å²) in [4.78, 5) is 51.5.